The summed E-state index contributed by atoms with van der Waals surface area (Å²) in [5.74, 6) is 0.902. The summed E-state index contributed by atoms with van der Waals surface area (Å²) >= 11 is 0. The number of nitrogens with one attached hydrogen (secondary N) is 2. The predicted molar refractivity (Wildman–Crippen MR) is 75.0 cm³/mol. The zero-order valence-corrected chi connectivity index (χ0v) is 11.6. The first-order valence-corrected chi connectivity index (χ1v) is 6.64. The largest absolute Gasteiger partial charge is 0.338 e. The average molecular weight is 274 g/mol. The van der Waals surface area contributed by atoms with E-state index in [-0.39, 0.29) is 12.1 Å². The maximum absolute atomic E-state index is 11.6. The van der Waals surface area contributed by atoms with Crippen LogP contribution in [0.2, 0.25) is 0 Å². The second-order valence-corrected chi connectivity index (χ2v) is 4.44. The smallest absolute Gasteiger partial charge is 0.315 e. The summed E-state index contributed by atoms with van der Waals surface area (Å²) in [6.07, 6.45) is 0.889. The minimum Gasteiger partial charge on any atom is -0.338 e. The number of aromatic nitrogens is 2. The van der Waals surface area contributed by atoms with Crippen LogP contribution in [0.5, 0.6) is 0 Å². The molecule has 6 nitrogen and oxygen atoms in total. The molecule has 2 aromatic rings. The van der Waals surface area contributed by atoms with Crippen molar-refractivity contribution in [2.75, 3.05) is 6.54 Å². The molecule has 0 aliphatic rings. The van der Waals surface area contributed by atoms with Gasteiger partial charge in [-0.05, 0) is 13.3 Å². The molecule has 106 valence electrons. The van der Waals surface area contributed by atoms with Gasteiger partial charge in [-0.25, -0.2) is 4.79 Å². The van der Waals surface area contributed by atoms with E-state index in [0.717, 1.165) is 12.0 Å². The molecule has 1 aromatic heterocycles. The van der Waals surface area contributed by atoms with E-state index in [0.29, 0.717) is 18.3 Å². The fourth-order valence-electron chi connectivity index (χ4n) is 1.66. The lowest BCUT2D eigenvalue weighted by Crippen LogP contribution is -2.37. The standard InChI is InChI=1S/C14H18N4O2/c1-3-9-15-14(19)16-10(2)13-17-12(18-20-13)11-7-5-4-6-8-11/h4-8,10H,3,9H2,1-2H3,(H2,15,16,19)/t10-/m0/s1. The van der Waals surface area contributed by atoms with Gasteiger partial charge in [-0.2, -0.15) is 4.98 Å². The second kappa shape index (κ2) is 6.70. The van der Waals surface area contributed by atoms with Crippen LogP contribution in [0.3, 0.4) is 0 Å². The molecule has 1 aromatic carbocycles. The van der Waals surface area contributed by atoms with Gasteiger partial charge in [0.2, 0.25) is 11.7 Å². The van der Waals surface area contributed by atoms with Crippen molar-refractivity contribution < 1.29 is 9.32 Å². The Morgan fingerprint density at radius 1 is 1.35 bits per heavy atom. The molecule has 0 saturated heterocycles. The van der Waals surface area contributed by atoms with Gasteiger partial charge >= 0.3 is 6.03 Å². The van der Waals surface area contributed by atoms with Crippen molar-refractivity contribution >= 4 is 6.03 Å². The third kappa shape index (κ3) is 3.57. The van der Waals surface area contributed by atoms with E-state index >= 15 is 0 Å². The van der Waals surface area contributed by atoms with Gasteiger partial charge in [-0.3, -0.25) is 0 Å². The van der Waals surface area contributed by atoms with Gasteiger partial charge in [0.05, 0.1) is 0 Å². The Morgan fingerprint density at radius 2 is 2.10 bits per heavy atom. The Morgan fingerprint density at radius 3 is 2.80 bits per heavy atom. The lowest BCUT2D eigenvalue weighted by atomic mass is 10.2. The maximum atomic E-state index is 11.6. The summed E-state index contributed by atoms with van der Waals surface area (Å²) in [4.78, 5) is 15.8. The van der Waals surface area contributed by atoms with Crippen molar-refractivity contribution in [3.8, 4) is 11.4 Å². The highest BCUT2D eigenvalue weighted by molar-refractivity contribution is 5.74. The number of urea groups is 1. The van der Waals surface area contributed by atoms with Crippen molar-refractivity contribution in [3.63, 3.8) is 0 Å². The van der Waals surface area contributed by atoms with Crippen LogP contribution in [0, 0.1) is 0 Å². The number of amides is 2. The summed E-state index contributed by atoms with van der Waals surface area (Å²) < 4.78 is 5.18. The first-order valence-electron chi connectivity index (χ1n) is 6.64. The fraction of sp³-hybridized carbons (Fsp3) is 0.357. The summed E-state index contributed by atoms with van der Waals surface area (Å²) in [5, 5.41) is 9.40. The summed E-state index contributed by atoms with van der Waals surface area (Å²) in [6, 6.07) is 8.97. The van der Waals surface area contributed by atoms with Gasteiger partial charge in [-0.15, -0.1) is 0 Å². The molecule has 2 amide bonds. The van der Waals surface area contributed by atoms with Crippen LogP contribution in [0.15, 0.2) is 34.9 Å². The first kappa shape index (κ1) is 14.0. The molecule has 0 radical (unpaired) electrons. The lowest BCUT2D eigenvalue weighted by Gasteiger charge is -2.10. The highest BCUT2D eigenvalue weighted by Crippen LogP contribution is 2.17. The van der Waals surface area contributed by atoms with Crippen LogP contribution in [-0.2, 0) is 0 Å². The molecule has 2 rings (SSSR count). The zero-order valence-electron chi connectivity index (χ0n) is 11.6. The van der Waals surface area contributed by atoms with E-state index < -0.39 is 0 Å². The number of hydrogen-bond acceptors (Lipinski definition) is 4. The molecule has 0 aliphatic carbocycles. The molecule has 0 unspecified atom stereocenters. The van der Waals surface area contributed by atoms with Crippen LogP contribution in [0.4, 0.5) is 4.79 Å². The van der Waals surface area contributed by atoms with Crippen molar-refractivity contribution in [3.05, 3.63) is 36.2 Å². The highest BCUT2D eigenvalue weighted by Gasteiger charge is 2.16. The van der Waals surface area contributed by atoms with E-state index in [1.165, 1.54) is 0 Å². The fourth-order valence-corrected chi connectivity index (χ4v) is 1.66. The van der Waals surface area contributed by atoms with Gasteiger partial charge in [-0.1, -0.05) is 42.4 Å². The van der Waals surface area contributed by atoms with Gasteiger partial charge in [0, 0.05) is 12.1 Å². The topological polar surface area (TPSA) is 80.0 Å². The van der Waals surface area contributed by atoms with Gasteiger partial charge in [0.25, 0.3) is 0 Å². The van der Waals surface area contributed by atoms with E-state index in [1.54, 1.807) is 6.92 Å². The van der Waals surface area contributed by atoms with Crippen molar-refractivity contribution in [1.29, 1.82) is 0 Å². The third-order valence-electron chi connectivity index (χ3n) is 2.73. The molecule has 0 aliphatic heterocycles. The number of hydrogen-bond donors (Lipinski definition) is 2. The third-order valence-corrected chi connectivity index (χ3v) is 2.73. The highest BCUT2D eigenvalue weighted by atomic mass is 16.5. The van der Waals surface area contributed by atoms with Crippen LogP contribution >= 0.6 is 0 Å². The number of benzene rings is 1. The Kier molecular flexibility index (Phi) is 4.70. The van der Waals surface area contributed by atoms with E-state index in [9.17, 15) is 4.79 Å². The SMILES string of the molecule is CCCNC(=O)N[C@@H](C)c1nc(-c2ccccc2)no1. The number of carbonyl (C=O) groups is 1. The van der Waals surface area contributed by atoms with Gasteiger partial charge < -0.3 is 15.2 Å². The predicted octanol–water partition coefficient (Wildman–Crippen LogP) is 2.51. The van der Waals surface area contributed by atoms with E-state index in [1.807, 2.05) is 37.3 Å². The second-order valence-electron chi connectivity index (χ2n) is 4.44. The molecule has 0 fully saturated rings. The molecule has 1 atom stereocenters. The lowest BCUT2D eigenvalue weighted by molar-refractivity contribution is 0.234. The molecular weight excluding hydrogens is 256 g/mol. The first-order chi connectivity index (χ1) is 9.70. The molecule has 2 N–H and O–H groups in total. The molecular formula is C14H18N4O2. The maximum Gasteiger partial charge on any atom is 0.315 e. The Labute approximate surface area is 117 Å². The number of nitrogens with zero attached hydrogens (tertiary/aromatic N) is 2. The molecule has 1 heterocycles. The Balaban J connectivity index is 2.00. The van der Waals surface area contributed by atoms with Crippen LogP contribution in [-0.4, -0.2) is 22.7 Å². The van der Waals surface area contributed by atoms with Crippen LogP contribution < -0.4 is 10.6 Å². The van der Waals surface area contributed by atoms with Gasteiger partial charge in [0.15, 0.2) is 0 Å². The Hall–Kier alpha value is -2.37. The monoisotopic (exact) mass is 274 g/mol. The molecule has 0 saturated carbocycles. The van der Waals surface area contributed by atoms with Gasteiger partial charge in [0.1, 0.15) is 6.04 Å². The summed E-state index contributed by atoms with van der Waals surface area (Å²) in [7, 11) is 0. The van der Waals surface area contributed by atoms with Crippen molar-refractivity contribution in [2.24, 2.45) is 0 Å². The minimum absolute atomic E-state index is 0.237. The molecule has 0 spiro atoms. The molecule has 6 heteroatoms. The van der Waals surface area contributed by atoms with Crippen molar-refractivity contribution in [2.45, 2.75) is 26.3 Å². The number of carbonyl (C=O) groups excluding carboxylic acids is 1. The quantitative estimate of drug-likeness (QED) is 0.878. The normalized spacial score (nSPS) is 11.9. The van der Waals surface area contributed by atoms with E-state index in [4.69, 9.17) is 4.52 Å². The van der Waals surface area contributed by atoms with Crippen molar-refractivity contribution in [1.82, 2.24) is 20.8 Å². The minimum atomic E-state index is -0.336. The van der Waals surface area contributed by atoms with Crippen LogP contribution in [0.1, 0.15) is 32.2 Å². The molecule has 20 heavy (non-hydrogen) atoms. The number of rotatable bonds is 5. The average Bonchev–Trinajstić information content (AvgIpc) is 2.96. The summed E-state index contributed by atoms with van der Waals surface area (Å²) in [6.45, 7) is 4.43. The molecule has 0 bridgehead atoms. The Bertz CT molecular complexity index is 553. The summed E-state index contributed by atoms with van der Waals surface area (Å²) in [5.41, 5.74) is 0.880. The van der Waals surface area contributed by atoms with Crippen LogP contribution in [0.25, 0.3) is 11.4 Å². The zero-order chi connectivity index (χ0) is 14.4. The van der Waals surface area contributed by atoms with E-state index in [2.05, 4.69) is 20.8 Å².